The van der Waals surface area contributed by atoms with Gasteiger partial charge in [0.15, 0.2) is 11.5 Å². The number of hydrogen-bond acceptors (Lipinski definition) is 2. The van der Waals surface area contributed by atoms with Crippen LogP contribution in [0.25, 0.3) is 0 Å². The second-order valence-electron chi connectivity index (χ2n) is 8.78. The van der Waals surface area contributed by atoms with Crippen LogP contribution >= 0.6 is 11.9 Å². The van der Waals surface area contributed by atoms with Crippen LogP contribution in [0.5, 0.6) is 11.5 Å². The summed E-state index contributed by atoms with van der Waals surface area (Å²) in [5.74, 6) is 1.33. The van der Waals surface area contributed by atoms with Gasteiger partial charge >= 0.3 is 0 Å². The molecule has 0 N–H and O–H groups in total. The fourth-order valence-corrected chi connectivity index (χ4v) is 5.12. The number of benzene rings is 1. The average molecular weight is 401 g/mol. The summed E-state index contributed by atoms with van der Waals surface area (Å²) in [7, 11) is 0. The standard InChI is InChI=1S/C22H31ClF2O2/c1-14(2)16-7-9-18(10-8-16)17-5-3-15(4-6-17)13-26-19-11-12-20(27-23)22(25)21(19)24/h11-12,14-18H,3-10,13H2,1-2H3. The molecule has 0 aromatic heterocycles. The van der Waals surface area contributed by atoms with Crippen LogP contribution < -0.4 is 9.03 Å². The zero-order chi connectivity index (χ0) is 19.4. The highest BCUT2D eigenvalue weighted by atomic mass is 35.5. The van der Waals surface area contributed by atoms with Crippen LogP contribution in [0.2, 0.25) is 0 Å². The van der Waals surface area contributed by atoms with E-state index in [-0.39, 0.29) is 11.5 Å². The monoisotopic (exact) mass is 400 g/mol. The van der Waals surface area contributed by atoms with Crippen molar-refractivity contribution in [2.24, 2.45) is 29.6 Å². The minimum absolute atomic E-state index is 0.0703. The van der Waals surface area contributed by atoms with Gasteiger partial charge in [-0.25, -0.2) is 0 Å². The van der Waals surface area contributed by atoms with Crippen LogP contribution in [-0.4, -0.2) is 6.61 Å². The van der Waals surface area contributed by atoms with Crippen molar-refractivity contribution in [2.75, 3.05) is 6.61 Å². The van der Waals surface area contributed by atoms with Gasteiger partial charge in [0.25, 0.3) is 0 Å². The number of rotatable bonds is 6. The molecule has 27 heavy (non-hydrogen) atoms. The summed E-state index contributed by atoms with van der Waals surface area (Å²) >= 11 is 5.11. The molecule has 2 fully saturated rings. The van der Waals surface area contributed by atoms with Crippen LogP contribution in [0.4, 0.5) is 8.78 Å². The molecule has 0 aliphatic heterocycles. The minimum atomic E-state index is -1.11. The van der Waals surface area contributed by atoms with Crippen LogP contribution in [0.3, 0.4) is 0 Å². The molecule has 1 aromatic carbocycles. The maximum Gasteiger partial charge on any atom is 0.206 e. The van der Waals surface area contributed by atoms with Gasteiger partial charge in [-0.15, -0.1) is 0 Å². The topological polar surface area (TPSA) is 18.5 Å². The summed E-state index contributed by atoms with van der Waals surface area (Å²) in [6.07, 6.45) is 10.2. The molecule has 0 bridgehead atoms. The van der Waals surface area contributed by atoms with Gasteiger partial charge in [-0.05, 0) is 93.1 Å². The SMILES string of the molecule is CC(C)C1CCC(C2CCC(COc3ccc(OCl)c(F)c3F)CC2)CC1. The predicted molar refractivity (Wildman–Crippen MR) is 104 cm³/mol. The summed E-state index contributed by atoms with van der Waals surface area (Å²) in [6.45, 7) is 5.13. The highest BCUT2D eigenvalue weighted by Gasteiger charge is 2.31. The average Bonchev–Trinajstić information content (AvgIpc) is 2.69. The molecule has 0 spiro atoms. The van der Waals surface area contributed by atoms with Crippen molar-refractivity contribution in [3.05, 3.63) is 23.8 Å². The lowest BCUT2D eigenvalue weighted by Crippen LogP contribution is -2.28. The van der Waals surface area contributed by atoms with E-state index in [1.54, 1.807) is 0 Å². The van der Waals surface area contributed by atoms with Gasteiger partial charge in [0.05, 0.1) is 6.61 Å². The lowest BCUT2D eigenvalue weighted by Gasteiger charge is -2.38. The quantitative estimate of drug-likeness (QED) is 0.505. The molecule has 0 heterocycles. The fourth-order valence-electron chi connectivity index (χ4n) is 5.00. The molecule has 5 heteroatoms. The Morgan fingerprint density at radius 2 is 1.41 bits per heavy atom. The molecular formula is C22H31ClF2O2. The van der Waals surface area contributed by atoms with E-state index in [0.29, 0.717) is 12.5 Å². The van der Waals surface area contributed by atoms with Crippen molar-refractivity contribution in [1.29, 1.82) is 0 Å². The molecule has 152 valence electrons. The van der Waals surface area contributed by atoms with E-state index in [0.717, 1.165) is 36.5 Å². The van der Waals surface area contributed by atoms with E-state index in [2.05, 4.69) is 18.1 Å². The first-order valence-electron chi connectivity index (χ1n) is 10.4. The lowest BCUT2D eigenvalue weighted by molar-refractivity contribution is 0.113. The number of hydrogen-bond donors (Lipinski definition) is 0. The molecule has 0 saturated heterocycles. The Kier molecular flexibility index (Phi) is 7.24. The van der Waals surface area contributed by atoms with E-state index in [9.17, 15) is 8.78 Å². The molecule has 1 aromatic rings. The van der Waals surface area contributed by atoms with Crippen molar-refractivity contribution in [2.45, 2.75) is 65.2 Å². The minimum Gasteiger partial charge on any atom is -0.490 e. The Bertz CT molecular complexity index is 607. The Morgan fingerprint density at radius 1 is 0.889 bits per heavy atom. The molecule has 2 saturated carbocycles. The summed E-state index contributed by atoms with van der Waals surface area (Å²) in [6, 6.07) is 2.65. The van der Waals surface area contributed by atoms with Crippen molar-refractivity contribution in [3.63, 3.8) is 0 Å². The van der Waals surface area contributed by atoms with E-state index in [1.165, 1.54) is 50.7 Å². The fraction of sp³-hybridized carbons (Fsp3) is 0.727. The normalized spacial score (nSPS) is 29.0. The Morgan fingerprint density at radius 3 is 1.96 bits per heavy atom. The molecule has 0 radical (unpaired) electrons. The Balaban J connectivity index is 1.43. The van der Waals surface area contributed by atoms with Crippen molar-refractivity contribution < 1.29 is 17.8 Å². The first-order valence-corrected chi connectivity index (χ1v) is 10.7. The largest absolute Gasteiger partial charge is 0.490 e. The highest BCUT2D eigenvalue weighted by molar-refractivity contribution is 6.09. The van der Waals surface area contributed by atoms with Gasteiger partial charge in [0.1, 0.15) is 11.9 Å². The van der Waals surface area contributed by atoms with Crippen LogP contribution in [-0.2, 0) is 0 Å². The van der Waals surface area contributed by atoms with Crippen LogP contribution in [0.15, 0.2) is 12.1 Å². The lowest BCUT2D eigenvalue weighted by atomic mass is 9.68. The van der Waals surface area contributed by atoms with Gasteiger partial charge < -0.3 is 9.03 Å². The second kappa shape index (κ2) is 9.45. The summed E-state index contributed by atoms with van der Waals surface area (Å²) in [4.78, 5) is 0. The molecule has 2 nitrogen and oxygen atoms in total. The smallest absolute Gasteiger partial charge is 0.206 e. The molecular weight excluding hydrogens is 370 g/mol. The van der Waals surface area contributed by atoms with Crippen LogP contribution in [0, 0.1) is 41.2 Å². The molecule has 3 rings (SSSR count). The number of halogens is 3. The van der Waals surface area contributed by atoms with Crippen molar-refractivity contribution in [1.82, 2.24) is 0 Å². The third kappa shape index (κ3) is 5.07. The molecule has 0 amide bonds. The second-order valence-corrected chi connectivity index (χ2v) is 8.93. The summed E-state index contributed by atoms with van der Waals surface area (Å²) in [5.41, 5.74) is 0. The maximum absolute atomic E-state index is 14.0. The van der Waals surface area contributed by atoms with E-state index in [1.807, 2.05) is 0 Å². The van der Waals surface area contributed by atoms with Gasteiger partial charge in [0, 0.05) is 0 Å². The number of ether oxygens (including phenoxy) is 1. The van der Waals surface area contributed by atoms with E-state index in [4.69, 9.17) is 16.6 Å². The van der Waals surface area contributed by atoms with Crippen molar-refractivity contribution >= 4 is 11.9 Å². The third-order valence-corrected chi connectivity index (χ3v) is 7.05. The molecule has 2 aliphatic carbocycles. The van der Waals surface area contributed by atoms with Crippen molar-refractivity contribution in [3.8, 4) is 11.5 Å². The first-order chi connectivity index (χ1) is 13.0. The Labute approximate surface area is 166 Å². The third-order valence-electron chi connectivity index (χ3n) is 6.89. The zero-order valence-electron chi connectivity index (χ0n) is 16.4. The van der Waals surface area contributed by atoms with Crippen LogP contribution in [0.1, 0.15) is 65.2 Å². The van der Waals surface area contributed by atoms with Gasteiger partial charge in [0.2, 0.25) is 11.6 Å². The molecule has 2 aliphatic rings. The van der Waals surface area contributed by atoms with E-state index >= 15 is 0 Å². The predicted octanol–water partition coefficient (Wildman–Crippen LogP) is 7.15. The maximum atomic E-state index is 14.0. The Hall–Kier alpha value is -1.03. The van der Waals surface area contributed by atoms with Gasteiger partial charge in [-0.1, -0.05) is 13.8 Å². The highest BCUT2D eigenvalue weighted by Crippen LogP contribution is 2.43. The zero-order valence-corrected chi connectivity index (χ0v) is 17.1. The summed E-state index contributed by atoms with van der Waals surface area (Å²) in [5, 5.41) is 0. The van der Waals surface area contributed by atoms with Gasteiger partial charge in [-0.2, -0.15) is 8.78 Å². The van der Waals surface area contributed by atoms with Gasteiger partial charge in [-0.3, -0.25) is 0 Å². The van der Waals surface area contributed by atoms with E-state index < -0.39 is 11.6 Å². The molecule has 0 unspecified atom stereocenters. The summed E-state index contributed by atoms with van der Waals surface area (Å²) < 4.78 is 37.5. The first kappa shape index (κ1) is 20.7. The molecule has 0 atom stereocenters.